The Balaban J connectivity index is 1.42. The Kier molecular flexibility index (Phi) is 9.10. The van der Waals surface area contributed by atoms with Crippen LogP contribution in [0.4, 0.5) is 13.2 Å². The van der Waals surface area contributed by atoms with Gasteiger partial charge in [-0.05, 0) is 42.5 Å². The van der Waals surface area contributed by atoms with E-state index < -0.39 is 29.6 Å². The van der Waals surface area contributed by atoms with Crippen molar-refractivity contribution in [1.29, 1.82) is 0 Å². The number of alkyl halides is 3. The lowest BCUT2D eigenvalue weighted by molar-refractivity contribution is -0.136. The Labute approximate surface area is 264 Å². The van der Waals surface area contributed by atoms with Crippen LogP contribution in [0.5, 0.6) is 17.2 Å². The number of hydrazone groups is 1. The van der Waals surface area contributed by atoms with E-state index in [9.17, 15) is 27.6 Å². The highest BCUT2D eigenvalue weighted by molar-refractivity contribution is 6.34. The lowest BCUT2D eigenvalue weighted by Gasteiger charge is -2.11. The first kappa shape index (κ1) is 31.8. The minimum Gasteiger partial charge on any atom is -0.493 e. The summed E-state index contributed by atoms with van der Waals surface area (Å²) in [4.78, 5) is 40.2. The molecule has 1 amide bonds. The molecule has 0 fully saturated rings. The monoisotopic (exact) mass is 649 g/mol. The Morgan fingerprint density at radius 2 is 1.63 bits per heavy atom. The largest absolute Gasteiger partial charge is 0.493 e. The number of esters is 2. The Hall–Kier alpha value is -5.62. The zero-order valence-corrected chi connectivity index (χ0v) is 24.8. The van der Waals surface area contributed by atoms with E-state index in [1.165, 1.54) is 56.6 Å². The number of benzene rings is 4. The number of rotatable bonds is 8. The highest BCUT2D eigenvalue weighted by atomic mass is 35.5. The number of fused-ring (bicyclic) bond motifs is 1. The highest BCUT2D eigenvalue weighted by Gasteiger charge is 2.35. The van der Waals surface area contributed by atoms with Gasteiger partial charge in [0.05, 0.1) is 30.0 Å². The lowest BCUT2D eigenvalue weighted by Crippen LogP contribution is -2.19. The zero-order valence-electron chi connectivity index (χ0n) is 24.1. The molecule has 5 aromatic rings. The van der Waals surface area contributed by atoms with E-state index in [2.05, 4.69) is 15.5 Å². The number of amides is 1. The number of nitrogens with zero attached hydrogens (tertiary/aromatic N) is 1. The minimum absolute atomic E-state index is 0.0886. The number of para-hydroxylation sites is 2. The molecule has 13 heteroatoms. The van der Waals surface area contributed by atoms with Crippen molar-refractivity contribution in [2.45, 2.75) is 13.1 Å². The van der Waals surface area contributed by atoms with Crippen LogP contribution in [0.1, 0.15) is 38.9 Å². The van der Waals surface area contributed by atoms with E-state index in [4.69, 9.17) is 25.8 Å². The van der Waals surface area contributed by atoms with Crippen molar-refractivity contribution in [3.8, 4) is 28.4 Å². The second kappa shape index (κ2) is 13.2. The summed E-state index contributed by atoms with van der Waals surface area (Å²) >= 11 is 6.39. The van der Waals surface area contributed by atoms with Crippen molar-refractivity contribution in [2.24, 2.45) is 5.10 Å². The quantitative estimate of drug-likeness (QED) is 0.0781. The van der Waals surface area contributed by atoms with Crippen LogP contribution in [0.15, 0.2) is 90.0 Å². The molecule has 0 bridgehead atoms. The van der Waals surface area contributed by atoms with Crippen LogP contribution < -0.4 is 19.6 Å². The van der Waals surface area contributed by atoms with Crippen molar-refractivity contribution < 1.29 is 41.8 Å². The first-order valence-corrected chi connectivity index (χ1v) is 13.8. The topological polar surface area (TPSA) is 119 Å². The molecular weight excluding hydrogens is 627 g/mol. The van der Waals surface area contributed by atoms with Crippen LogP contribution >= 0.6 is 11.6 Å². The molecule has 5 rings (SSSR count). The molecule has 0 aliphatic heterocycles. The van der Waals surface area contributed by atoms with Gasteiger partial charge in [0.1, 0.15) is 11.4 Å². The first-order valence-electron chi connectivity index (χ1n) is 13.5. The number of ether oxygens (including phenoxy) is 3. The van der Waals surface area contributed by atoms with Gasteiger partial charge >= 0.3 is 18.1 Å². The summed E-state index contributed by atoms with van der Waals surface area (Å²) in [5.41, 5.74) is 1.80. The van der Waals surface area contributed by atoms with Crippen LogP contribution in [0.2, 0.25) is 5.02 Å². The highest BCUT2D eigenvalue weighted by Crippen LogP contribution is 2.41. The number of H-pyrrole nitrogens is 1. The van der Waals surface area contributed by atoms with Crippen molar-refractivity contribution in [1.82, 2.24) is 10.4 Å². The van der Waals surface area contributed by atoms with Gasteiger partial charge in [-0.3, -0.25) is 9.59 Å². The third-order valence-corrected chi connectivity index (χ3v) is 6.98. The average molecular weight is 650 g/mol. The second-order valence-electron chi connectivity index (χ2n) is 9.67. The molecule has 2 N–H and O–H groups in total. The van der Waals surface area contributed by atoms with E-state index in [-0.39, 0.29) is 50.0 Å². The molecule has 9 nitrogen and oxygen atoms in total. The number of carbonyl (C=O) groups excluding carboxylic acids is 3. The number of nitrogens with one attached hydrogen (secondary N) is 2. The van der Waals surface area contributed by atoms with E-state index in [0.717, 1.165) is 6.07 Å². The number of carbonyl (C=O) groups is 3. The van der Waals surface area contributed by atoms with Crippen LogP contribution in [0.25, 0.3) is 22.0 Å². The zero-order chi connectivity index (χ0) is 33.0. The summed E-state index contributed by atoms with van der Waals surface area (Å²) in [5.74, 6) is -1.82. The lowest BCUT2D eigenvalue weighted by atomic mass is 10.00. The Morgan fingerprint density at radius 3 is 2.35 bits per heavy atom. The average Bonchev–Trinajstić information content (AvgIpc) is 3.41. The predicted octanol–water partition coefficient (Wildman–Crippen LogP) is 7.42. The van der Waals surface area contributed by atoms with Crippen LogP contribution in [-0.2, 0) is 11.0 Å². The van der Waals surface area contributed by atoms with E-state index in [1.807, 2.05) is 0 Å². The molecule has 4 aromatic carbocycles. The van der Waals surface area contributed by atoms with Gasteiger partial charge in [-0.1, -0.05) is 54.1 Å². The number of aromatic amines is 1. The van der Waals surface area contributed by atoms with E-state index in [1.54, 1.807) is 42.5 Å². The molecule has 0 saturated carbocycles. The van der Waals surface area contributed by atoms with Gasteiger partial charge < -0.3 is 19.2 Å². The Bertz CT molecular complexity index is 2000. The fourth-order valence-corrected chi connectivity index (χ4v) is 4.89. The van der Waals surface area contributed by atoms with Crippen molar-refractivity contribution in [3.05, 3.63) is 112 Å². The van der Waals surface area contributed by atoms with Crippen molar-refractivity contribution >= 4 is 46.6 Å². The third-order valence-electron chi connectivity index (χ3n) is 6.65. The fraction of sp³-hybridized carbons (Fsp3) is 0.0909. The number of halogens is 4. The summed E-state index contributed by atoms with van der Waals surface area (Å²) in [6.07, 6.45) is -3.48. The van der Waals surface area contributed by atoms with Gasteiger partial charge in [0, 0.05) is 34.0 Å². The summed E-state index contributed by atoms with van der Waals surface area (Å²) in [6.45, 7) is 1.23. The minimum atomic E-state index is -4.69. The summed E-state index contributed by atoms with van der Waals surface area (Å²) in [6, 6.07) is 20.5. The maximum atomic E-state index is 13.8. The molecule has 0 radical (unpaired) electrons. The van der Waals surface area contributed by atoms with E-state index >= 15 is 0 Å². The summed E-state index contributed by atoms with van der Waals surface area (Å²) in [5, 5.41) is 4.34. The van der Waals surface area contributed by atoms with Crippen LogP contribution in [0, 0.1) is 0 Å². The standard InChI is InChI=1S/C33H23ClF3N3O6/c1-18(41)45-26-15-14-19(16-27(26)44-2)32(43)46-25-13-6-3-8-20(25)17-38-40-31(42)30-28(21-9-4-5-12-24(21)34)22-10-7-11-23(29(22)39-30)33(35,36)37/h3-17,39H,1-2H3,(H,40,42). The Morgan fingerprint density at radius 1 is 0.891 bits per heavy atom. The molecule has 46 heavy (non-hydrogen) atoms. The summed E-state index contributed by atoms with van der Waals surface area (Å²) in [7, 11) is 1.35. The smallest absolute Gasteiger partial charge is 0.418 e. The fourth-order valence-electron chi connectivity index (χ4n) is 4.66. The molecule has 0 atom stereocenters. The van der Waals surface area contributed by atoms with Crippen molar-refractivity contribution in [2.75, 3.05) is 7.11 Å². The first-order chi connectivity index (χ1) is 22.0. The molecule has 0 spiro atoms. The van der Waals surface area contributed by atoms with Gasteiger partial charge in [0.2, 0.25) is 0 Å². The molecule has 0 saturated heterocycles. The molecule has 234 valence electrons. The van der Waals surface area contributed by atoms with Gasteiger partial charge in [0.25, 0.3) is 5.91 Å². The molecule has 1 heterocycles. The van der Waals surface area contributed by atoms with Crippen molar-refractivity contribution in [3.63, 3.8) is 0 Å². The number of aromatic nitrogens is 1. The summed E-state index contributed by atoms with van der Waals surface area (Å²) < 4.78 is 57.3. The number of hydrogen-bond donors (Lipinski definition) is 2. The maximum absolute atomic E-state index is 13.8. The van der Waals surface area contributed by atoms with Crippen LogP contribution in [-0.4, -0.2) is 36.2 Å². The van der Waals surface area contributed by atoms with Gasteiger partial charge in [-0.25, -0.2) is 10.2 Å². The number of methoxy groups -OCH3 is 1. The van der Waals surface area contributed by atoms with Gasteiger partial charge in [-0.15, -0.1) is 0 Å². The molecule has 1 aromatic heterocycles. The maximum Gasteiger partial charge on any atom is 0.418 e. The molecule has 0 aliphatic rings. The molecular formula is C33H23ClF3N3O6. The van der Waals surface area contributed by atoms with E-state index in [0.29, 0.717) is 11.1 Å². The predicted molar refractivity (Wildman–Crippen MR) is 165 cm³/mol. The normalized spacial score (nSPS) is 11.4. The van der Waals surface area contributed by atoms with Gasteiger partial charge in [-0.2, -0.15) is 18.3 Å². The van der Waals surface area contributed by atoms with Crippen LogP contribution in [0.3, 0.4) is 0 Å². The SMILES string of the molecule is COc1cc(C(=O)Oc2ccccc2C=NNC(=O)c2[nH]c3c(C(F)(F)F)cccc3c2-c2ccccc2Cl)ccc1OC(C)=O. The molecule has 0 unspecified atom stereocenters. The number of hydrogen-bond acceptors (Lipinski definition) is 7. The molecule has 0 aliphatic carbocycles. The third kappa shape index (κ3) is 6.71. The van der Waals surface area contributed by atoms with Gasteiger partial charge in [0.15, 0.2) is 11.5 Å². The second-order valence-corrected chi connectivity index (χ2v) is 10.1.